The molecule has 0 spiro atoms. The van der Waals surface area contributed by atoms with E-state index in [0.29, 0.717) is 14.2 Å². The van der Waals surface area contributed by atoms with Gasteiger partial charge in [0.05, 0.1) is 4.34 Å². The lowest BCUT2D eigenvalue weighted by Crippen LogP contribution is -2.02. The summed E-state index contributed by atoms with van der Waals surface area (Å²) in [5.74, 6) is -0.580. The van der Waals surface area contributed by atoms with Crippen LogP contribution in [0.3, 0.4) is 0 Å². The molecular formula is C11H6Cl3FOS. The van der Waals surface area contributed by atoms with Crippen LogP contribution in [0.2, 0.25) is 13.7 Å². The summed E-state index contributed by atoms with van der Waals surface area (Å²) in [5.41, 5.74) is 0.360. The molecule has 0 saturated heterocycles. The Morgan fingerprint density at radius 2 is 1.94 bits per heavy atom. The molecule has 0 aliphatic heterocycles. The largest absolute Gasteiger partial charge is 0.383 e. The van der Waals surface area contributed by atoms with Gasteiger partial charge < -0.3 is 5.11 Å². The maximum atomic E-state index is 13.6. The average molecular weight is 312 g/mol. The summed E-state index contributed by atoms with van der Waals surface area (Å²) in [6, 6.07) is 5.70. The fraction of sp³-hybridized carbons (Fsp3) is 0.0909. The van der Waals surface area contributed by atoms with Gasteiger partial charge in [0.2, 0.25) is 0 Å². The van der Waals surface area contributed by atoms with Gasteiger partial charge in [0.15, 0.2) is 0 Å². The van der Waals surface area contributed by atoms with Gasteiger partial charge in [-0.05, 0) is 18.2 Å². The Morgan fingerprint density at radius 3 is 2.47 bits per heavy atom. The lowest BCUT2D eigenvalue weighted by atomic mass is 10.0. The van der Waals surface area contributed by atoms with Crippen molar-refractivity contribution in [3.8, 4) is 0 Å². The Balaban J connectivity index is 2.51. The number of benzene rings is 1. The van der Waals surface area contributed by atoms with E-state index in [0.717, 1.165) is 11.3 Å². The molecule has 1 unspecified atom stereocenters. The molecule has 2 aromatic rings. The summed E-state index contributed by atoms with van der Waals surface area (Å²) < 4.78 is 14.4. The standard InChI is InChI=1S/C11H6Cl3FOS/c12-6-2-1-3-7(15)9(6)10(16)5-4-8(13)17-11(5)14/h1-4,10,16H. The summed E-state index contributed by atoms with van der Waals surface area (Å²) in [6.07, 6.45) is -1.22. The van der Waals surface area contributed by atoms with E-state index in [9.17, 15) is 9.50 Å². The molecule has 90 valence electrons. The molecule has 1 atom stereocenters. The van der Waals surface area contributed by atoms with Crippen molar-refractivity contribution >= 4 is 46.1 Å². The van der Waals surface area contributed by atoms with Crippen LogP contribution in [0.4, 0.5) is 4.39 Å². The van der Waals surface area contributed by atoms with Crippen LogP contribution >= 0.6 is 46.1 Å². The van der Waals surface area contributed by atoms with Gasteiger partial charge >= 0.3 is 0 Å². The molecule has 0 amide bonds. The van der Waals surface area contributed by atoms with Crippen molar-refractivity contribution in [3.05, 3.63) is 54.9 Å². The molecular weight excluding hydrogens is 306 g/mol. The second-order valence-electron chi connectivity index (χ2n) is 3.32. The highest BCUT2D eigenvalue weighted by Gasteiger charge is 2.22. The number of hydrogen-bond donors (Lipinski definition) is 1. The lowest BCUT2D eigenvalue weighted by molar-refractivity contribution is 0.215. The summed E-state index contributed by atoms with van der Waals surface area (Å²) in [5, 5.41) is 10.2. The molecule has 0 aliphatic rings. The van der Waals surface area contributed by atoms with Gasteiger partial charge in [0, 0.05) is 16.1 Å². The normalized spacial score (nSPS) is 12.8. The van der Waals surface area contributed by atoms with Gasteiger partial charge in [-0.15, -0.1) is 11.3 Å². The molecule has 0 saturated carbocycles. The Labute approximate surface area is 116 Å². The first-order chi connectivity index (χ1) is 8.00. The van der Waals surface area contributed by atoms with Gasteiger partial charge in [-0.2, -0.15) is 0 Å². The minimum absolute atomic E-state index is 0.00512. The zero-order valence-corrected chi connectivity index (χ0v) is 11.3. The first kappa shape index (κ1) is 13.1. The second kappa shape index (κ2) is 5.12. The SMILES string of the molecule is OC(c1cc(Cl)sc1Cl)c1c(F)cccc1Cl. The van der Waals surface area contributed by atoms with Gasteiger partial charge in [0.1, 0.15) is 16.3 Å². The van der Waals surface area contributed by atoms with E-state index in [2.05, 4.69) is 0 Å². The quantitative estimate of drug-likeness (QED) is 0.834. The minimum Gasteiger partial charge on any atom is -0.383 e. The van der Waals surface area contributed by atoms with E-state index >= 15 is 0 Å². The molecule has 1 aromatic heterocycles. The van der Waals surface area contributed by atoms with Gasteiger partial charge in [-0.1, -0.05) is 40.9 Å². The van der Waals surface area contributed by atoms with E-state index in [1.165, 1.54) is 24.3 Å². The highest BCUT2D eigenvalue weighted by molar-refractivity contribution is 7.20. The first-order valence-corrected chi connectivity index (χ1v) is 6.52. The molecule has 6 heteroatoms. The molecule has 0 aliphatic carbocycles. The number of halogens is 4. The fourth-order valence-corrected chi connectivity index (χ4v) is 3.25. The molecule has 1 nitrogen and oxygen atoms in total. The van der Waals surface area contributed by atoms with Gasteiger partial charge in [-0.25, -0.2) is 4.39 Å². The molecule has 0 radical (unpaired) electrons. The van der Waals surface area contributed by atoms with Crippen LogP contribution in [-0.4, -0.2) is 5.11 Å². The Bertz CT molecular complexity index is 535. The van der Waals surface area contributed by atoms with Crippen LogP contribution in [0.1, 0.15) is 17.2 Å². The Hall–Kier alpha value is -0.320. The predicted molar refractivity (Wildman–Crippen MR) is 69.8 cm³/mol. The number of rotatable bonds is 2. The molecule has 1 N–H and O–H groups in total. The smallest absolute Gasteiger partial charge is 0.130 e. The summed E-state index contributed by atoms with van der Waals surface area (Å²) in [4.78, 5) is 0. The van der Waals surface area contributed by atoms with E-state index in [-0.39, 0.29) is 10.6 Å². The summed E-state index contributed by atoms with van der Waals surface area (Å²) in [6.45, 7) is 0. The number of hydrogen-bond acceptors (Lipinski definition) is 2. The van der Waals surface area contributed by atoms with Crippen molar-refractivity contribution in [3.63, 3.8) is 0 Å². The highest BCUT2D eigenvalue weighted by atomic mass is 35.5. The molecule has 2 rings (SSSR count). The van der Waals surface area contributed by atoms with E-state index in [1.807, 2.05) is 0 Å². The van der Waals surface area contributed by atoms with Gasteiger partial charge in [0.25, 0.3) is 0 Å². The minimum atomic E-state index is -1.22. The van der Waals surface area contributed by atoms with Crippen LogP contribution in [0.25, 0.3) is 0 Å². The maximum absolute atomic E-state index is 13.6. The van der Waals surface area contributed by atoms with Crippen molar-refractivity contribution in [2.45, 2.75) is 6.10 Å². The summed E-state index contributed by atoms with van der Waals surface area (Å²) in [7, 11) is 0. The zero-order valence-electron chi connectivity index (χ0n) is 8.25. The van der Waals surface area contributed by atoms with Crippen LogP contribution < -0.4 is 0 Å². The monoisotopic (exact) mass is 310 g/mol. The van der Waals surface area contributed by atoms with E-state index in [1.54, 1.807) is 0 Å². The number of aliphatic hydroxyl groups is 1. The van der Waals surface area contributed by atoms with Crippen molar-refractivity contribution in [2.24, 2.45) is 0 Å². The topological polar surface area (TPSA) is 20.2 Å². The Morgan fingerprint density at radius 1 is 1.24 bits per heavy atom. The number of aliphatic hydroxyl groups excluding tert-OH is 1. The maximum Gasteiger partial charge on any atom is 0.130 e. The lowest BCUT2D eigenvalue weighted by Gasteiger charge is -2.12. The van der Waals surface area contributed by atoms with Crippen molar-refractivity contribution in [1.82, 2.24) is 0 Å². The third kappa shape index (κ3) is 2.59. The van der Waals surface area contributed by atoms with Crippen molar-refractivity contribution in [2.75, 3.05) is 0 Å². The molecule has 17 heavy (non-hydrogen) atoms. The highest BCUT2D eigenvalue weighted by Crippen LogP contribution is 2.39. The third-order valence-electron chi connectivity index (χ3n) is 2.25. The summed E-state index contributed by atoms with van der Waals surface area (Å²) >= 11 is 18.6. The average Bonchev–Trinajstić information content (AvgIpc) is 2.57. The Kier molecular flexibility index (Phi) is 3.95. The van der Waals surface area contributed by atoms with Crippen LogP contribution in [0.15, 0.2) is 24.3 Å². The predicted octanol–water partition coefficient (Wildman–Crippen LogP) is 4.93. The molecule has 0 fully saturated rings. The zero-order chi connectivity index (χ0) is 12.6. The van der Waals surface area contributed by atoms with Crippen LogP contribution in [-0.2, 0) is 0 Å². The van der Waals surface area contributed by atoms with E-state index < -0.39 is 11.9 Å². The van der Waals surface area contributed by atoms with Crippen molar-refractivity contribution in [1.29, 1.82) is 0 Å². The van der Waals surface area contributed by atoms with Gasteiger partial charge in [-0.3, -0.25) is 0 Å². The fourth-order valence-electron chi connectivity index (χ4n) is 1.47. The van der Waals surface area contributed by atoms with Crippen LogP contribution in [0, 0.1) is 5.82 Å². The second-order valence-corrected chi connectivity index (χ2v) is 6.01. The van der Waals surface area contributed by atoms with Crippen LogP contribution in [0.5, 0.6) is 0 Å². The van der Waals surface area contributed by atoms with E-state index in [4.69, 9.17) is 34.8 Å². The van der Waals surface area contributed by atoms with Crippen molar-refractivity contribution < 1.29 is 9.50 Å². The molecule has 1 heterocycles. The molecule has 0 bridgehead atoms. The molecule has 1 aromatic carbocycles. The first-order valence-electron chi connectivity index (χ1n) is 4.57. The number of thiophene rings is 1. The third-order valence-corrected chi connectivity index (χ3v) is 4.10.